The smallest absolute Gasteiger partial charge is 1.00 e. The number of nitrogens with two attached hydrogens (primary N) is 2. The van der Waals surface area contributed by atoms with Crippen molar-refractivity contribution in [3.8, 4) is 18.0 Å². The predicted octanol–water partition coefficient (Wildman–Crippen LogP) is -0.864. The van der Waals surface area contributed by atoms with E-state index < -0.39 is 43.9 Å². The van der Waals surface area contributed by atoms with E-state index in [1.54, 1.807) is 54.2 Å². The number of ether oxygens (including phenoxy) is 1. The minimum Gasteiger partial charge on any atom is -1.00 e. The van der Waals surface area contributed by atoms with Crippen molar-refractivity contribution in [2.45, 2.75) is 47.3 Å². The zero-order valence-electron chi connectivity index (χ0n) is 42.7. The summed E-state index contributed by atoms with van der Waals surface area (Å²) in [4.78, 5) is 64.9. The van der Waals surface area contributed by atoms with Crippen LogP contribution in [0.1, 0.15) is 61.8 Å². The molecule has 5 N–H and O–H groups in total. The number of amidine groups is 2. The Morgan fingerprint density at radius 1 is 0.813 bits per heavy atom. The topological polar surface area (TPSA) is 295 Å². The molecule has 386 valence electrons. The van der Waals surface area contributed by atoms with Crippen molar-refractivity contribution in [1.29, 1.82) is 10.5 Å². The van der Waals surface area contributed by atoms with Crippen LogP contribution in [0.15, 0.2) is 75.8 Å². The van der Waals surface area contributed by atoms with Crippen LogP contribution in [0.2, 0.25) is 0 Å². The van der Waals surface area contributed by atoms with Gasteiger partial charge in [-0.2, -0.15) is 10.5 Å². The molecule has 0 spiro atoms. The molecule has 2 amide bonds. The molecular formula is C47H47BrCs2F4N12O7S2. The normalized spacial score (nSPS) is 23.5. The van der Waals surface area contributed by atoms with Gasteiger partial charge < -0.3 is 42.7 Å². The van der Waals surface area contributed by atoms with Crippen LogP contribution in [0.3, 0.4) is 0 Å². The average Bonchev–Trinajstić information content (AvgIpc) is 4.30. The van der Waals surface area contributed by atoms with E-state index in [-0.39, 0.29) is 221 Å². The second kappa shape index (κ2) is 28.8. The minimum atomic E-state index is -1.08. The first kappa shape index (κ1) is 66.4. The molecule has 2 saturated carbocycles. The number of carbonyl (C=O) groups is 3. The number of aliphatic hydroxyl groups excluding tert-OH is 1. The van der Waals surface area contributed by atoms with Crippen molar-refractivity contribution >= 4 is 91.9 Å². The van der Waals surface area contributed by atoms with Crippen molar-refractivity contribution in [1.82, 2.24) is 29.7 Å². The Morgan fingerprint density at radius 3 is 1.56 bits per heavy atom. The van der Waals surface area contributed by atoms with Gasteiger partial charge in [0.15, 0.2) is 28.6 Å². The number of rotatable bonds is 11. The van der Waals surface area contributed by atoms with Gasteiger partial charge in [0.2, 0.25) is 17.7 Å². The Balaban J connectivity index is 0.000000441. The van der Waals surface area contributed by atoms with Gasteiger partial charge >= 0.3 is 138 Å². The first-order chi connectivity index (χ1) is 34.5. The number of hydrogen-bond acceptors (Lipinski definition) is 19. The number of fused-ring (bicyclic) bond motifs is 2. The van der Waals surface area contributed by atoms with Gasteiger partial charge in [0.1, 0.15) is 49.8 Å². The number of hydrogen-bond donors (Lipinski definition) is 3. The molecule has 19 nitrogen and oxygen atoms in total. The second-order valence-corrected chi connectivity index (χ2v) is 20.5. The van der Waals surface area contributed by atoms with E-state index in [0.717, 1.165) is 0 Å². The summed E-state index contributed by atoms with van der Waals surface area (Å²) < 4.78 is 63.5. The summed E-state index contributed by atoms with van der Waals surface area (Å²) >= 11 is 5.62. The van der Waals surface area contributed by atoms with E-state index in [4.69, 9.17) is 41.9 Å². The molecule has 4 heterocycles. The summed E-state index contributed by atoms with van der Waals surface area (Å²) in [6.07, 6.45) is 8.61. The van der Waals surface area contributed by atoms with Gasteiger partial charge in [-0.3, -0.25) is 24.4 Å². The van der Waals surface area contributed by atoms with Crippen LogP contribution in [-0.2, 0) is 30.3 Å². The van der Waals surface area contributed by atoms with Gasteiger partial charge in [-0.1, -0.05) is 35.7 Å². The summed E-state index contributed by atoms with van der Waals surface area (Å²) in [5.41, 5.74) is 11.4. The summed E-state index contributed by atoms with van der Waals surface area (Å²) in [6.45, 7) is 2.78. The molecule has 2 fully saturated rings. The standard InChI is InChI=1S/C23H22F2N6O2S.C21H20BrF2N5OS.C2H3NO.CH2O3.2Cs.H/c1-22(18-10-23(18,20(32)31(2)3)34-21(27)30-22)14-8-13(4-5-15(14)24)9-16(25)17-11-29-19(12-28-17)33-7-6-26;1-20(16-8-21(16,18(30)29(2)3)31-19(25)28-20)12-6-11(4-5-13(12)23)7-14(24)15-9-27-17(22)10-26-15;3-1-2-4;2-1-4-3;;;/h4-5,8-9,11-12,18H,7,10H2,1-3H3,(H2,27,30);4-7,9-10,16H,8H2,1-3H3,(H2,25,28);4H,2H2;1,3H;;;/q;;;;2*+1;-1/p-1/b16-9-;14-7-;;;;;/t18-,22+,23-;16-,20+,21-;;;;;/m00...../s1. The summed E-state index contributed by atoms with van der Waals surface area (Å²) in [5.74, 6) is -2.81. The zero-order valence-corrected chi connectivity index (χ0v) is 57.5. The number of amides is 2. The van der Waals surface area contributed by atoms with Crippen molar-refractivity contribution in [2.24, 2.45) is 33.3 Å². The largest absolute Gasteiger partial charge is 1.00 e. The molecule has 4 aromatic rings. The number of benzene rings is 2. The maximum Gasteiger partial charge on any atom is 1.00 e. The summed E-state index contributed by atoms with van der Waals surface area (Å²) in [6, 6.07) is 11.8. The molecule has 0 radical (unpaired) electrons. The third kappa shape index (κ3) is 15.7. The molecule has 4 aliphatic rings. The average molecular weight is 1380 g/mol. The molecule has 0 bridgehead atoms. The van der Waals surface area contributed by atoms with Crippen molar-refractivity contribution in [3.63, 3.8) is 0 Å². The van der Waals surface area contributed by atoms with E-state index in [1.807, 2.05) is 0 Å². The molecule has 2 aliphatic heterocycles. The number of aliphatic hydroxyl groups is 1. The summed E-state index contributed by atoms with van der Waals surface area (Å²) in [5, 5.41) is 32.3. The third-order valence-electron chi connectivity index (χ3n) is 11.8. The predicted molar refractivity (Wildman–Crippen MR) is 267 cm³/mol. The van der Waals surface area contributed by atoms with Gasteiger partial charge in [0.25, 0.3) is 6.47 Å². The van der Waals surface area contributed by atoms with Crippen LogP contribution in [0, 0.1) is 46.1 Å². The number of aromatic nitrogens is 4. The quantitative estimate of drug-likeness (QED) is 0.0541. The van der Waals surface area contributed by atoms with Crippen molar-refractivity contribution in [2.75, 3.05) is 41.4 Å². The number of nitriles is 2. The van der Waals surface area contributed by atoms with Gasteiger partial charge in [0.05, 0.1) is 41.9 Å². The molecule has 8 rings (SSSR count). The molecule has 28 heteroatoms. The Bertz CT molecular complexity index is 2960. The third-order valence-corrected chi connectivity index (χ3v) is 14.8. The number of carbonyl (C=O) groups excluding carboxylic acids is 3. The van der Waals surface area contributed by atoms with Crippen LogP contribution in [0.5, 0.6) is 5.88 Å². The molecule has 0 saturated heterocycles. The van der Waals surface area contributed by atoms with Crippen molar-refractivity contribution < 1.29 is 191 Å². The number of aliphatic imine (C=N–C) groups is 2. The van der Waals surface area contributed by atoms with E-state index in [1.165, 1.54) is 107 Å². The van der Waals surface area contributed by atoms with Crippen LogP contribution in [0.25, 0.3) is 23.8 Å². The summed E-state index contributed by atoms with van der Waals surface area (Å²) in [7, 11) is 6.72. The Morgan fingerprint density at radius 2 is 1.23 bits per heavy atom. The Kier molecular flexibility index (Phi) is 25.5. The number of halogens is 5. The fourth-order valence-corrected chi connectivity index (χ4v) is 11.6. The van der Waals surface area contributed by atoms with Gasteiger partial charge in [0, 0.05) is 51.2 Å². The fraction of sp³-hybridized carbons (Fsp3) is 0.340. The molecule has 6 atom stereocenters. The van der Waals surface area contributed by atoms with E-state index in [0.29, 0.717) is 28.6 Å². The monoisotopic (exact) mass is 1380 g/mol. The van der Waals surface area contributed by atoms with E-state index >= 15 is 4.39 Å². The first-order valence-corrected chi connectivity index (χ1v) is 23.8. The maximum absolute atomic E-state index is 15.0. The van der Waals surface area contributed by atoms with Crippen molar-refractivity contribution in [3.05, 3.63) is 111 Å². The number of thioether (sulfide) groups is 2. The molecule has 2 aromatic carbocycles. The maximum atomic E-state index is 15.0. The van der Waals surface area contributed by atoms with Crippen LogP contribution >= 0.6 is 39.5 Å². The number of nitrogens with zero attached hydrogens (tertiary/aromatic N) is 10. The second-order valence-electron chi connectivity index (χ2n) is 17.0. The fourth-order valence-electron chi connectivity index (χ4n) is 8.40. The van der Waals surface area contributed by atoms with Crippen LogP contribution in [-0.4, -0.2) is 114 Å². The van der Waals surface area contributed by atoms with Gasteiger partial charge in [-0.25, -0.2) is 37.5 Å². The SMILES string of the molecule is CN(C)C(=O)[C@]12C[C@H]1[C@@](C)(c1cc(/C=C(\F)c3cnc(Br)cn3)ccc1F)N=C(N)S2.CN(C)C(=O)[C@]12C[C@H]1[C@@](C)(c1cc(/C=C(\F)c3cnc(OCC#N)cn3)ccc1F)N=C(N)S2.N#CCO.O=CO[O-].[Cs+].[Cs+].[H-]. The molecule has 0 unspecified atom stereocenters. The van der Waals surface area contributed by atoms with Crippen LogP contribution in [0.4, 0.5) is 17.6 Å². The van der Waals surface area contributed by atoms with Gasteiger partial charge in [-0.05, 0) is 90.2 Å². The Labute approximate surface area is 565 Å². The van der Waals surface area contributed by atoms with E-state index in [9.17, 15) is 22.8 Å². The van der Waals surface area contributed by atoms with Gasteiger partial charge in [-0.15, -0.1) is 0 Å². The zero-order chi connectivity index (χ0) is 54.1. The minimum absolute atomic E-state index is 0. The molecule has 2 aromatic heterocycles. The first-order valence-electron chi connectivity index (χ1n) is 21.4. The van der Waals surface area contributed by atoms with Crippen LogP contribution < -0.4 is 159 Å². The molecular weight excluding hydrogens is 1330 g/mol. The molecule has 75 heavy (non-hydrogen) atoms. The molecule has 2 aliphatic carbocycles. The Hall–Kier alpha value is -2.87. The van der Waals surface area contributed by atoms with E-state index in [2.05, 4.69) is 50.7 Å².